The van der Waals surface area contributed by atoms with Crippen LogP contribution in [0.15, 0.2) is 48.6 Å². The van der Waals surface area contributed by atoms with Gasteiger partial charge in [0.25, 0.3) is 0 Å². The van der Waals surface area contributed by atoms with Crippen molar-refractivity contribution in [3.8, 4) is 0 Å². The van der Waals surface area contributed by atoms with Gasteiger partial charge < -0.3 is 5.73 Å². The largest absolute Gasteiger partial charge is 0.324 e. The molecule has 0 aliphatic heterocycles. The molecule has 3 heteroatoms. The van der Waals surface area contributed by atoms with E-state index in [0.717, 1.165) is 38.7 Å². The number of rotatable bonds is 8. The Morgan fingerprint density at radius 2 is 1.71 bits per heavy atom. The quantitative estimate of drug-likeness (QED) is 0.383. The second-order valence-corrected chi connectivity index (χ2v) is 9.14. The van der Waals surface area contributed by atoms with Gasteiger partial charge in [-0.3, -0.25) is 4.79 Å². The topological polar surface area (TPSA) is 43.1 Å². The maximum atomic E-state index is 13.2. The van der Waals surface area contributed by atoms with E-state index in [1.165, 1.54) is 0 Å². The molecular weight excluding hydrogens is 361 g/mol. The summed E-state index contributed by atoms with van der Waals surface area (Å²) in [7, 11) is 2.74. The summed E-state index contributed by atoms with van der Waals surface area (Å²) >= 11 is 0. The van der Waals surface area contributed by atoms with E-state index in [0.29, 0.717) is 24.7 Å². The van der Waals surface area contributed by atoms with Crippen LogP contribution in [0.25, 0.3) is 0 Å². The number of nitrogens with two attached hydrogens (primary N) is 1. The van der Waals surface area contributed by atoms with E-state index >= 15 is 0 Å². The summed E-state index contributed by atoms with van der Waals surface area (Å²) in [6, 6.07) is 12.4. The highest BCUT2D eigenvalue weighted by Crippen LogP contribution is 2.24. The number of aryl methyl sites for hydroxylation is 1. The fraction of sp³-hybridized carbons (Fsp3) is 0.400. The van der Waals surface area contributed by atoms with E-state index in [2.05, 4.69) is 67.8 Å². The van der Waals surface area contributed by atoms with Gasteiger partial charge in [0.2, 0.25) is 0 Å². The van der Waals surface area contributed by atoms with Gasteiger partial charge in [0, 0.05) is 18.0 Å². The molecule has 2 atom stereocenters. The van der Waals surface area contributed by atoms with Crippen LogP contribution in [0.2, 0.25) is 0 Å². The minimum atomic E-state index is -0.0407. The standard InChI is InChI=1S/C25H34NOP/c1-15(2)22-10-7-17(5)11-23(22)24(27)14-19-8-9-21(28)13-20(19)12-18(6)25(26)16(3)4/h7-11,13,15-16,25H,6,12,14,26,28H2,1-5H3/t25-/m1/s1. The van der Waals surface area contributed by atoms with E-state index in [1.807, 2.05) is 19.1 Å². The zero-order valence-corrected chi connectivity index (χ0v) is 19.0. The van der Waals surface area contributed by atoms with Crippen molar-refractivity contribution in [1.29, 1.82) is 0 Å². The molecule has 28 heavy (non-hydrogen) atoms. The van der Waals surface area contributed by atoms with E-state index in [4.69, 9.17) is 5.73 Å². The average Bonchev–Trinajstić information content (AvgIpc) is 2.62. The molecule has 0 aliphatic carbocycles. The summed E-state index contributed by atoms with van der Waals surface area (Å²) in [5.41, 5.74) is 12.6. The Kier molecular flexibility index (Phi) is 7.75. The number of hydrogen-bond acceptors (Lipinski definition) is 2. The molecule has 0 bridgehead atoms. The van der Waals surface area contributed by atoms with Gasteiger partial charge in [0.05, 0.1) is 0 Å². The lowest BCUT2D eigenvalue weighted by Gasteiger charge is -2.20. The first-order valence-electron chi connectivity index (χ1n) is 10.0. The Hall–Kier alpha value is -1.76. The minimum Gasteiger partial charge on any atom is -0.324 e. The lowest BCUT2D eigenvalue weighted by Crippen LogP contribution is -2.29. The van der Waals surface area contributed by atoms with Gasteiger partial charge in [-0.05, 0) is 53.2 Å². The Balaban J connectivity index is 2.33. The van der Waals surface area contributed by atoms with Crippen LogP contribution in [0, 0.1) is 12.8 Å². The summed E-state index contributed by atoms with van der Waals surface area (Å²) < 4.78 is 0. The maximum absolute atomic E-state index is 13.2. The summed E-state index contributed by atoms with van der Waals surface area (Å²) in [6.07, 6.45) is 1.10. The van der Waals surface area contributed by atoms with Crippen LogP contribution in [0.4, 0.5) is 0 Å². The third kappa shape index (κ3) is 5.63. The molecule has 2 aromatic carbocycles. The Bertz CT molecular complexity index is 867. The first-order chi connectivity index (χ1) is 13.1. The van der Waals surface area contributed by atoms with Crippen molar-refractivity contribution in [2.45, 2.75) is 59.4 Å². The number of carbonyl (C=O) groups excluding carboxylic acids is 1. The van der Waals surface area contributed by atoms with Crippen LogP contribution in [0.5, 0.6) is 0 Å². The molecule has 0 amide bonds. The van der Waals surface area contributed by atoms with Crippen LogP contribution in [-0.4, -0.2) is 11.8 Å². The predicted octanol–water partition coefficient (Wildman–Crippen LogP) is 5.13. The molecular formula is C25H34NOP. The summed E-state index contributed by atoms with van der Waals surface area (Å²) in [5, 5.41) is 1.11. The van der Waals surface area contributed by atoms with Crippen LogP contribution in [0.3, 0.4) is 0 Å². The molecule has 2 nitrogen and oxygen atoms in total. The molecule has 2 N–H and O–H groups in total. The monoisotopic (exact) mass is 395 g/mol. The van der Waals surface area contributed by atoms with E-state index < -0.39 is 0 Å². The highest BCUT2D eigenvalue weighted by molar-refractivity contribution is 7.27. The molecule has 0 radical (unpaired) electrons. The number of benzene rings is 2. The van der Waals surface area contributed by atoms with Crippen molar-refractivity contribution in [3.05, 3.63) is 76.4 Å². The number of ketones is 1. The molecule has 0 aliphatic rings. The van der Waals surface area contributed by atoms with Crippen LogP contribution >= 0.6 is 9.24 Å². The maximum Gasteiger partial charge on any atom is 0.167 e. The van der Waals surface area contributed by atoms with Gasteiger partial charge in [-0.2, -0.15) is 0 Å². The first-order valence-corrected chi connectivity index (χ1v) is 10.6. The average molecular weight is 396 g/mol. The van der Waals surface area contributed by atoms with Gasteiger partial charge in [-0.25, -0.2) is 0 Å². The van der Waals surface area contributed by atoms with Gasteiger partial charge in [0.15, 0.2) is 5.78 Å². The highest BCUT2D eigenvalue weighted by atomic mass is 31.0. The normalized spacial score (nSPS) is 12.5. The molecule has 0 aromatic heterocycles. The van der Waals surface area contributed by atoms with Crippen molar-refractivity contribution in [2.75, 3.05) is 0 Å². The van der Waals surface area contributed by atoms with Gasteiger partial charge >= 0.3 is 0 Å². The van der Waals surface area contributed by atoms with E-state index in [9.17, 15) is 4.79 Å². The van der Waals surface area contributed by atoms with Crippen molar-refractivity contribution in [2.24, 2.45) is 11.7 Å². The fourth-order valence-corrected chi connectivity index (χ4v) is 3.80. The third-order valence-electron chi connectivity index (χ3n) is 5.32. The highest BCUT2D eigenvalue weighted by Gasteiger charge is 2.18. The van der Waals surface area contributed by atoms with Gasteiger partial charge in [0.1, 0.15) is 0 Å². The summed E-state index contributed by atoms with van der Waals surface area (Å²) in [5.74, 6) is 0.832. The fourth-order valence-electron chi connectivity index (χ4n) is 3.50. The Labute approximate surface area is 172 Å². The smallest absolute Gasteiger partial charge is 0.167 e. The molecule has 0 heterocycles. The summed E-state index contributed by atoms with van der Waals surface area (Å²) in [6.45, 7) is 14.7. The molecule has 0 saturated heterocycles. The molecule has 0 spiro atoms. The zero-order chi connectivity index (χ0) is 21.0. The molecule has 0 fully saturated rings. The van der Waals surface area contributed by atoms with Crippen LogP contribution in [-0.2, 0) is 12.8 Å². The Morgan fingerprint density at radius 1 is 1.04 bits per heavy atom. The predicted molar refractivity (Wildman–Crippen MR) is 125 cm³/mol. The minimum absolute atomic E-state index is 0.0407. The van der Waals surface area contributed by atoms with Gasteiger partial charge in [-0.15, -0.1) is 9.24 Å². The SMILES string of the molecule is C=C(Cc1cc(P)ccc1CC(=O)c1cc(C)ccc1C(C)C)[C@H](N)C(C)C. The molecule has 0 saturated carbocycles. The van der Waals surface area contributed by atoms with Crippen LogP contribution in [0.1, 0.15) is 66.2 Å². The molecule has 1 unspecified atom stereocenters. The Morgan fingerprint density at radius 3 is 2.32 bits per heavy atom. The first kappa shape index (κ1) is 22.5. The molecule has 2 aromatic rings. The molecule has 150 valence electrons. The zero-order valence-electron chi connectivity index (χ0n) is 17.9. The number of carbonyl (C=O) groups is 1. The van der Waals surface area contributed by atoms with Crippen molar-refractivity contribution < 1.29 is 4.79 Å². The second-order valence-electron chi connectivity index (χ2n) is 8.48. The third-order valence-corrected chi connectivity index (χ3v) is 5.68. The lowest BCUT2D eigenvalue weighted by atomic mass is 9.88. The van der Waals surface area contributed by atoms with Crippen molar-refractivity contribution >= 4 is 20.3 Å². The number of Topliss-reactive ketones (excluding diaryl/α,β-unsaturated/α-hetero) is 1. The molecule has 2 rings (SSSR count). The van der Waals surface area contributed by atoms with Gasteiger partial charge in [-0.1, -0.05) is 75.7 Å². The van der Waals surface area contributed by atoms with Crippen LogP contribution < -0.4 is 11.0 Å². The van der Waals surface area contributed by atoms with Crippen molar-refractivity contribution in [1.82, 2.24) is 0 Å². The number of hydrogen-bond donors (Lipinski definition) is 1. The second kappa shape index (κ2) is 9.63. The summed E-state index contributed by atoms with van der Waals surface area (Å²) in [4.78, 5) is 13.2. The van der Waals surface area contributed by atoms with Crippen molar-refractivity contribution in [3.63, 3.8) is 0 Å². The lowest BCUT2D eigenvalue weighted by molar-refractivity contribution is 0.0991. The van der Waals surface area contributed by atoms with E-state index in [-0.39, 0.29) is 11.8 Å². The van der Waals surface area contributed by atoms with E-state index in [1.54, 1.807) is 0 Å².